The van der Waals surface area contributed by atoms with Crippen molar-refractivity contribution in [2.75, 3.05) is 0 Å². The number of nitrogens with one attached hydrogen (secondary N) is 4. The van der Waals surface area contributed by atoms with Gasteiger partial charge in [0.25, 0.3) is 5.91 Å². The molecule has 6 atom stereocenters. The van der Waals surface area contributed by atoms with Crippen molar-refractivity contribution in [2.45, 2.75) is 129 Å². The lowest BCUT2D eigenvalue weighted by atomic mass is 9.99. The molecule has 1 rings (SSSR count). The fourth-order valence-corrected chi connectivity index (χ4v) is 4.82. The van der Waals surface area contributed by atoms with Gasteiger partial charge in [-0.1, -0.05) is 78.9 Å². The number of amides is 4. The summed E-state index contributed by atoms with van der Waals surface area (Å²) in [7, 11) is 0. The first-order valence-corrected chi connectivity index (χ1v) is 16.2. The Hall–Kier alpha value is -3.71. The first-order valence-electron chi connectivity index (χ1n) is 16.2. The van der Waals surface area contributed by atoms with Gasteiger partial charge in [0.05, 0.1) is 0 Å². The first-order chi connectivity index (χ1) is 21.6. The molecule has 13 nitrogen and oxygen atoms in total. The van der Waals surface area contributed by atoms with Gasteiger partial charge in [0, 0.05) is 12.5 Å². The van der Waals surface area contributed by atoms with Crippen LogP contribution < -0.4 is 27.0 Å². The van der Waals surface area contributed by atoms with Gasteiger partial charge in [0.1, 0.15) is 36.0 Å². The van der Waals surface area contributed by atoms with Gasteiger partial charge in [-0.25, -0.2) is 4.79 Å². The molecular formula is C33H55N5O8. The van der Waals surface area contributed by atoms with Crippen molar-refractivity contribution >= 4 is 29.6 Å². The van der Waals surface area contributed by atoms with Crippen LogP contribution in [-0.4, -0.2) is 81.2 Å². The lowest BCUT2D eigenvalue weighted by molar-refractivity contribution is -0.142. The summed E-state index contributed by atoms with van der Waals surface area (Å²) >= 11 is 0. The number of aliphatic hydroxyl groups is 1. The molecule has 0 bridgehead atoms. The molecular weight excluding hydrogens is 594 g/mol. The van der Waals surface area contributed by atoms with E-state index < -0.39 is 71.8 Å². The van der Waals surface area contributed by atoms with Crippen LogP contribution in [0.15, 0.2) is 24.3 Å². The Morgan fingerprint density at radius 1 is 0.761 bits per heavy atom. The molecule has 260 valence electrons. The number of nitrogens with two attached hydrogens (primary N) is 1. The van der Waals surface area contributed by atoms with Gasteiger partial charge in [-0.15, -0.1) is 0 Å². The molecule has 6 unspecified atom stereocenters. The number of aliphatic hydroxyl groups excluding tert-OH is 1. The van der Waals surface area contributed by atoms with Crippen LogP contribution in [0.2, 0.25) is 0 Å². The number of carbonyl (C=O) groups is 5. The van der Waals surface area contributed by atoms with E-state index in [-0.39, 0.29) is 24.5 Å². The lowest BCUT2D eigenvalue weighted by Gasteiger charge is -2.28. The summed E-state index contributed by atoms with van der Waals surface area (Å²) in [6.45, 7) is 10.6. The minimum absolute atomic E-state index is 0.0215. The number of carbonyl (C=O) groups excluding carboxylic acids is 4. The lowest BCUT2D eigenvalue weighted by Crippen LogP contribution is -2.59. The zero-order valence-corrected chi connectivity index (χ0v) is 28.0. The minimum Gasteiger partial charge on any atom is -0.508 e. The van der Waals surface area contributed by atoms with Gasteiger partial charge in [0.15, 0.2) is 0 Å². The molecule has 9 N–H and O–H groups in total. The monoisotopic (exact) mass is 649 g/mol. The van der Waals surface area contributed by atoms with Gasteiger partial charge in [0.2, 0.25) is 17.7 Å². The molecule has 4 amide bonds. The van der Waals surface area contributed by atoms with Crippen molar-refractivity contribution < 1.29 is 39.3 Å². The molecule has 0 saturated carbocycles. The third-order valence-corrected chi connectivity index (χ3v) is 7.64. The molecule has 0 saturated heterocycles. The zero-order valence-electron chi connectivity index (χ0n) is 28.0. The summed E-state index contributed by atoms with van der Waals surface area (Å²) in [4.78, 5) is 64.1. The Kier molecular flexibility index (Phi) is 17.9. The minimum atomic E-state index is -1.50. The first kappa shape index (κ1) is 40.3. The quantitative estimate of drug-likeness (QED) is 0.0908. The normalized spacial score (nSPS) is 15.3. The van der Waals surface area contributed by atoms with Gasteiger partial charge in [-0.2, -0.15) is 0 Å². The van der Waals surface area contributed by atoms with E-state index in [9.17, 15) is 39.3 Å². The molecule has 0 aromatic heterocycles. The second-order valence-electron chi connectivity index (χ2n) is 12.7. The fourth-order valence-electron chi connectivity index (χ4n) is 4.82. The maximum atomic E-state index is 13.4. The summed E-state index contributed by atoms with van der Waals surface area (Å²) in [5, 5.41) is 39.8. The molecule has 0 radical (unpaired) electrons. The van der Waals surface area contributed by atoms with E-state index in [1.54, 1.807) is 26.0 Å². The van der Waals surface area contributed by atoms with Gasteiger partial charge in [-0.05, 0) is 49.3 Å². The number of carboxylic acids is 1. The van der Waals surface area contributed by atoms with Gasteiger partial charge >= 0.3 is 5.97 Å². The summed E-state index contributed by atoms with van der Waals surface area (Å²) in [6, 6.07) is 0.577. The number of aromatic hydroxyl groups is 1. The highest BCUT2D eigenvalue weighted by molar-refractivity contribution is 5.95. The Bertz CT molecular complexity index is 1130. The highest BCUT2D eigenvalue weighted by Gasteiger charge is 2.33. The predicted octanol–water partition coefficient (Wildman–Crippen LogP) is 1.73. The molecule has 13 heteroatoms. The predicted molar refractivity (Wildman–Crippen MR) is 174 cm³/mol. The van der Waals surface area contributed by atoms with Crippen LogP contribution in [0, 0.1) is 11.8 Å². The molecule has 1 aromatic rings. The van der Waals surface area contributed by atoms with Gasteiger partial charge in [-0.3, -0.25) is 19.2 Å². The van der Waals surface area contributed by atoms with Crippen molar-refractivity contribution in [1.29, 1.82) is 0 Å². The van der Waals surface area contributed by atoms with E-state index in [0.717, 1.165) is 32.1 Å². The van der Waals surface area contributed by atoms with Crippen LogP contribution in [0.1, 0.15) is 92.1 Å². The number of aliphatic carboxylic acids is 1. The van der Waals surface area contributed by atoms with Crippen LogP contribution in [0.25, 0.3) is 0 Å². The highest BCUT2D eigenvalue weighted by Crippen LogP contribution is 2.13. The number of benzene rings is 1. The topological polar surface area (TPSA) is 220 Å². The smallest absolute Gasteiger partial charge is 0.326 e. The Labute approximate surface area is 272 Å². The van der Waals surface area contributed by atoms with E-state index in [1.165, 1.54) is 19.1 Å². The third kappa shape index (κ3) is 14.6. The van der Waals surface area contributed by atoms with Crippen LogP contribution in [-0.2, 0) is 30.4 Å². The molecule has 46 heavy (non-hydrogen) atoms. The van der Waals surface area contributed by atoms with E-state index in [0.29, 0.717) is 12.0 Å². The van der Waals surface area contributed by atoms with Crippen LogP contribution in [0.4, 0.5) is 0 Å². The molecule has 0 aliphatic rings. The van der Waals surface area contributed by atoms with Crippen molar-refractivity contribution in [1.82, 2.24) is 21.3 Å². The number of unbranched alkanes of at least 4 members (excludes halogenated alkanes) is 4. The maximum absolute atomic E-state index is 13.4. The van der Waals surface area contributed by atoms with Crippen molar-refractivity contribution in [3.63, 3.8) is 0 Å². The number of phenols is 1. The average molecular weight is 650 g/mol. The van der Waals surface area contributed by atoms with E-state index in [1.807, 2.05) is 13.8 Å². The summed E-state index contributed by atoms with van der Waals surface area (Å²) in [5.41, 5.74) is 6.58. The van der Waals surface area contributed by atoms with E-state index in [4.69, 9.17) is 5.73 Å². The number of hydrogen-bond acceptors (Lipinski definition) is 8. The van der Waals surface area contributed by atoms with Crippen molar-refractivity contribution in [3.8, 4) is 5.75 Å². The molecule has 1 aromatic carbocycles. The Morgan fingerprint density at radius 3 is 1.89 bits per heavy atom. The molecule has 0 aliphatic heterocycles. The third-order valence-electron chi connectivity index (χ3n) is 7.64. The fraction of sp³-hybridized carbons (Fsp3) is 0.667. The SMILES string of the molecule is CCCCCCCC(N)C(O)C(=O)NC(C)C(=O)NC(C(=O)NC(CC(C)C)C(=O)NC(Cc1ccc(O)cc1)C(=O)O)C(C)C. The zero-order chi connectivity index (χ0) is 35.0. The second kappa shape index (κ2) is 20.4. The Morgan fingerprint density at radius 2 is 1.35 bits per heavy atom. The van der Waals surface area contributed by atoms with E-state index in [2.05, 4.69) is 28.2 Å². The standard InChI is InChI=1S/C33H55N5O8/c1-7-8-9-10-11-12-24(34)28(40)32(44)35-21(6)29(41)38-27(20(4)5)31(43)36-25(17-19(2)3)30(42)37-26(33(45)46)18-22-13-15-23(39)16-14-22/h13-16,19-21,24-28,39-40H,7-12,17-18,34H2,1-6H3,(H,35,44)(H,36,43)(H,37,42)(H,38,41)(H,45,46). The van der Waals surface area contributed by atoms with Crippen LogP contribution in [0.5, 0.6) is 5.75 Å². The summed E-state index contributed by atoms with van der Waals surface area (Å²) in [6.07, 6.45) is 4.11. The van der Waals surface area contributed by atoms with Crippen molar-refractivity contribution in [2.24, 2.45) is 17.6 Å². The molecule has 0 heterocycles. The van der Waals surface area contributed by atoms with Crippen LogP contribution >= 0.6 is 0 Å². The second-order valence-corrected chi connectivity index (χ2v) is 12.7. The summed E-state index contributed by atoms with van der Waals surface area (Å²) in [5.74, 6) is -4.52. The maximum Gasteiger partial charge on any atom is 0.326 e. The number of carboxylic acid groups (broad SMARTS) is 1. The number of hydrogen-bond donors (Lipinski definition) is 8. The Balaban J connectivity index is 2.87. The number of phenolic OH excluding ortho intramolecular Hbond substituents is 1. The van der Waals surface area contributed by atoms with Crippen molar-refractivity contribution in [3.05, 3.63) is 29.8 Å². The van der Waals surface area contributed by atoms with E-state index >= 15 is 0 Å². The largest absolute Gasteiger partial charge is 0.508 e. The molecule has 0 spiro atoms. The summed E-state index contributed by atoms with van der Waals surface area (Å²) < 4.78 is 0. The van der Waals surface area contributed by atoms with Gasteiger partial charge < -0.3 is 42.3 Å². The average Bonchev–Trinajstić information content (AvgIpc) is 2.98. The molecule has 0 fully saturated rings. The molecule has 0 aliphatic carbocycles. The van der Waals surface area contributed by atoms with Crippen LogP contribution in [0.3, 0.4) is 0 Å². The highest BCUT2D eigenvalue weighted by atomic mass is 16.4. The number of rotatable bonds is 21.